The third-order valence-corrected chi connectivity index (χ3v) is 3.58. The number of rotatable bonds is 1. The highest BCUT2D eigenvalue weighted by Crippen LogP contribution is 2.54. The molecule has 8 heavy (non-hydrogen) atoms. The van der Waals surface area contributed by atoms with Gasteiger partial charge in [0.1, 0.15) is 0 Å². The number of hydrogen-bond acceptors (Lipinski definition) is 2. The minimum absolute atomic E-state index is 0.440. The van der Waals surface area contributed by atoms with E-state index in [9.17, 15) is 0 Å². The Kier molecular flexibility index (Phi) is 1.05. The molecule has 2 fully saturated rings. The lowest BCUT2D eigenvalue weighted by Gasteiger charge is -1.94. The van der Waals surface area contributed by atoms with E-state index >= 15 is 0 Å². The normalized spacial score (nSPS) is 51.4. The molecular weight excluding hydrogens is 120 g/mol. The van der Waals surface area contributed by atoms with E-state index in [4.69, 9.17) is 5.11 Å². The molecule has 1 aliphatic carbocycles. The minimum atomic E-state index is 0.440. The van der Waals surface area contributed by atoms with E-state index in [1.807, 2.05) is 11.8 Å². The van der Waals surface area contributed by atoms with Crippen molar-refractivity contribution in [2.24, 2.45) is 17.8 Å². The number of hydrogen-bond donors (Lipinski definition) is 1. The van der Waals surface area contributed by atoms with Crippen LogP contribution in [-0.2, 0) is 0 Å². The fourth-order valence-electron chi connectivity index (χ4n) is 1.63. The molecule has 0 spiro atoms. The van der Waals surface area contributed by atoms with Crippen molar-refractivity contribution in [3.05, 3.63) is 0 Å². The van der Waals surface area contributed by atoms with E-state index in [1.54, 1.807) is 0 Å². The second-order valence-electron chi connectivity index (χ2n) is 2.71. The molecule has 0 aromatic rings. The smallest absolute Gasteiger partial charge is 0.0465 e. The van der Waals surface area contributed by atoms with Gasteiger partial charge in [-0.15, -0.1) is 0 Å². The summed E-state index contributed by atoms with van der Waals surface area (Å²) >= 11 is 2.04. The van der Waals surface area contributed by atoms with Gasteiger partial charge in [0.25, 0.3) is 0 Å². The summed E-state index contributed by atoms with van der Waals surface area (Å²) in [5.41, 5.74) is 0. The Hall–Kier alpha value is 0.310. The maximum Gasteiger partial charge on any atom is 0.0465 e. The molecule has 0 aromatic heterocycles. The van der Waals surface area contributed by atoms with Crippen LogP contribution in [-0.4, -0.2) is 23.2 Å². The molecule has 0 radical (unpaired) electrons. The van der Waals surface area contributed by atoms with Gasteiger partial charge in [-0.1, -0.05) is 0 Å². The van der Waals surface area contributed by atoms with Crippen LogP contribution in [0.3, 0.4) is 0 Å². The average Bonchev–Trinajstić information content (AvgIpc) is 2.22. The van der Waals surface area contributed by atoms with Gasteiger partial charge in [0.2, 0.25) is 0 Å². The van der Waals surface area contributed by atoms with Crippen LogP contribution in [0.1, 0.15) is 0 Å². The van der Waals surface area contributed by atoms with E-state index in [-0.39, 0.29) is 0 Å². The van der Waals surface area contributed by atoms with Crippen molar-refractivity contribution in [1.82, 2.24) is 0 Å². The molecule has 2 aliphatic rings. The molecule has 1 N–H and O–H groups in total. The Bertz CT molecular complexity index is 87.9. The van der Waals surface area contributed by atoms with Crippen LogP contribution < -0.4 is 0 Å². The van der Waals surface area contributed by atoms with Gasteiger partial charge in [-0.05, 0) is 29.3 Å². The van der Waals surface area contributed by atoms with E-state index in [0.717, 1.165) is 11.8 Å². The van der Waals surface area contributed by atoms with Gasteiger partial charge in [0, 0.05) is 6.61 Å². The molecule has 0 amide bonds. The van der Waals surface area contributed by atoms with Crippen LogP contribution >= 0.6 is 11.8 Å². The SMILES string of the molecule is OCC1C2CSCC12. The lowest BCUT2D eigenvalue weighted by atomic mass is 10.4. The first kappa shape index (κ1) is 5.12. The summed E-state index contributed by atoms with van der Waals surface area (Å²) in [5.74, 6) is 5.15. The van der Waals surface area contributed by atoms with Gasteiger partial charge < -0.3 is 5.11 Å². The molecule has 2 atom stereocenters. The summed E-state index contributed by atoms with van der Waals surface area (Å²) in [6, 6.07) is 0. The topological polar surface area (TPSA) is 20.2 Å². The Morgan fingerprint density at radius 2 is 2.00 bits per heavy atom. The molecule has 0 aromatic carbocycles. The van der Waals surface area contributed by atoms with Crippen LogP contribution in [0, 0.1) is 17.8 Å². The Morgan fingerprint density at radius 3 is 2.38 bits per heavy atom. The predicted molar refractivity (Wildman–Crippen MR) is 34.9 cm³/mol. The van der Waals surface area contributed by atoms with Crippen LogP contribution in [0.25, 0.3) is 0 Å². The van der Waals surface area contributed by atoms with Gasteiger partial charge in [0.15, 0.2) is 0 Å². The quantitative estimate of drug-likeness (QED) is 0.560. The van der Waals surface area contributed by atoms with Gasteiger partial charge >= 0.3 is 0 Å². The lowest BCUT2D eigenvalue weighted by Crippen LogP contribution is -1.94. The molecule has 0 bridgehead atoms. The predicted octanol–water partition coefficient (Wildman–Crippen LogP) is 0.588. The Labute approximate surface area is 53.5 Å². The molecule has 46 valence electrons. The monoisotopic (exact) mass is 130 g/mol. The standard InChI is InChI=1S/C6H10OS/c7-1-4-5-2-8-3-6(4)5/h4-7H,1-3H2. The summed E-state index contributed by atoms with van der Waals surface area (Å²) in [4.78, 5) is 0. The molecule has 1 nitrogen and oxygen atoms in total. The first-order chi connectivity index (χ1) is 3.93. The summed E-state index contributed by atoms with van der Waals surface area (Å²) in [7, 11) is 0. The molecule has 2 unspecified atom stereocenters. The van der Waals surface area contributed by atoms with Crippen molar-refractivity contribution >= 4 is 11.8 Å². The molecule has 2 rings (SSSR count). The van der Waals surface area contributed by atoms with Crippen LogP contribution in [0.2, 0.25) is 0 Å². The maximum atomic E-state index is 8.70. The average molecular weight is 130 g/mol. The number of aliphatic hydroxyl groups is 1. The molecule has 1 saturated carbocycles. The third kappa shape index (κ3) is 0.531. The van der Waals surface area contributed by atoms with E-state index in [1.165, 1.54) is 11.5 Å². The van der Waals surface area contributed by atoms with Gasteiger partial charge in [-0.2, -0.15) is 11.8 Å². The largest absolute Gasteiger partial charge is 0.396 e. The van der Waals surface area contributed by atoms with Gasteiger partial charge in [-0.3, -0.25) is 0 Å². The fourth-order valence-corrected chi connectivity index (χ4v) is 3.30. The summed E-state index contributed by atoms with van der Waals surface area (Å²) < 4.78 is 0. The molecule has 1 aliphatic heterocycles. The highest BCUT2D eigenvalue weighted by atomic mass is 32.2. The zero-order valence-electron chi connectivity index (χ0n) is 4.71. The second kappa shape index (κ2) is 1.64. The van der Waals surface area contributed by atoms with E-state index in [2.05, 4.69) is 0 Å². The van der Waals surface area contributed by atoms with Crippen LogP contribution in [0.4, 0.5) is 0 Å². The van der Waals surface area contributed by atoms with Crippen molar-refractivity contribution in [2.75, 3.05) is 18.1 Å². The third-order valence-electron chi connectivity index (χ3n) is 2.34. The van der Waals surface area contributed by atoms with Crippen molar-refractivity contribution in [1.29, 1.82) is 0 Å². The van der Waals surface area contributed by atoms with Gasteiger partial charge in [0.05, 0.1) is 0 Å². The number of thioether (sulfide) groups is 1. The molecular formula is C6H10OS. The highest BCUT2D eigenvalue weighted by Gasteiger charge is 2.52. The molecule has 1 saturated heterocycles. The Morgan fingerprint density at radius 1 is 1.38 bits per heavy atom. The van der Waals surface area contributed by atoms with Crippen LogP contribution in [0.5, 0.6) is 0 Å². The Balaban J connectivity index is 1.94. The fraction of sp³-hybridized carbons (Fsp3) is 1.00. The van der Waals surface area contributed by atoms with Crippen molar-refractivity contribution in [3.63, 3.8) is 0 Å². The van der Waals surface area contributed by atoms with E-state index < -0.39 is 0 Å². The zero-order chi connectivity index (χ0) is 5.56. The second-order valence-corrected chi connectivity index (χ2v) is 3.79. The maximum absolute atomic E-state index is 8.70. The zero-order valence-corrected chi connectivity index (χ0v) is 5.53. The highest BCUT2D eigenvalue weighted by molar-refractivity contribution is 7.99. The van der Waals surface area contributed by atoms with Crippen LogP contribution in [0.15, 0.2) is 0 Å². The summed E-state index contributed by atoms with van der Waals surface area (Å²) in [5, 5.41) is 8.70. The number of fused-ring (bicyclic) bond motifs is 1. The first-order valence-electron chi connectivity index (χ1n) is 3.12. The lowest BCUT2D eigenvalue weighted by molar-refractivity contribution is 0.265. The van der Waals surface area contributed by atoms with Crippen molar-refractivity contribution in [3.8, 4) is 0 Å². The molecule has 2 heteroatoms. The summed E-state index contributed by atoms with van der Waals surface area (Å²) in [6.45, 7) is 0.440. The minimum Gasteiger partial charge on any atom is -0.396 e. The van der Waals surface area contributed by atoms with Crippen molar-refractivity contribution < 1.29 is 5.11 Å². The molecule has 1 heterocycles. The van der Waals surface area contributed by atoms with E-state index in [0.29, 0.717) is 12.5 Å². The number of aliphatic hydroxyl groups excluding tert-OH is 1. The van der Waals surface area contributed by atoms with Gasteiger partial charge in [-0.25, -0.2) is 0 Å². The van der Waals surface area contributed by atoms with Crippen molar-refractivity contribution in [2.45, 2.75) is 0 Å². The summed E-state index contributed by atoms with van der Waals surface area (Å²) in [6.07, 6.45) is 0. The first-order valence-corrected chi connectivity index (χ1v) is 4.27.